The maximum Gasteiger partial charge on any atom is 0.251 e. The molecule has 1 heterocycles. The topological polar surface area (TPSA) is 95.7 Å². The minimum Gasteiger partial charge on any atom is -0.493 e. The van der Waals surface area contributed by atoms with Crippen LogP contribution in [-0.4, -0.2) is 37.4 Å². The number of methoxy groups -OCH3 is 3. The molecule has 8 nitrogen and oxygen atoms in total. The van der Waals surface area contributed by atoms with Gasteiger partial charge in [-0.05, 0) is 12.1 Å². The van der Waals surface area contributed by atoms with Crippen molar-refractivity contribution in [3.05, 3.63) is 53.9 Å². The Morgan fingerprint density at radius 2 is 1.70 bits per heavy atom. The molecule has 0 atom stereocenters. The van der Waals surface area contributed by atoms with Gasteiger partial charge in [0.1, 0.15) is 0 Å². The van der Waals surface area contributed by atoms with Gasteiger partial charge < -0.3 is 24.1 Å². The summed E-state index contributed by atoms with van der Waals surface area (Å²) in [5, 5.41) is 6.65. The quantitative estimate of drug-likeness (QED) is 0.684. The number of rotatable bonds is 7. The lowest BCUT2D eigenvalue weighted by molar-refractivity contribution is 0.0945. The number of benzene rings is 2. The molecule has 0 aliphatic carbocycles. The average Bonchev–Trinajstić information content (AvgIpc) is 3.20. The Bertz CT molecular complexity index is 899. The van der Waals surface area contributed by atoms with Gasteiger partial charge in [-0.15, -0.1) is 0 Å². The summed E-state index contributed by atoms with van der Waals surface area (Å²) in [6.45, 7) is 0.0926. The molecule has 0 fully saturated rings. The van der Waals surface area contributed by atoms with Gasteiger partial charge in [0.15, 0.2) is 11.5 Å². The maximum atomic E-state index is 12.5. The monoisotopic (exact) mass is 369 g/mol. The lowest BCUT2D eigenvalue weighted by Crippen LogP contribution is -2.23. The van der Waals surface area contributed by atoms with Gasteiger partial charge in [0.05, 0.1) is 27.9 Å². The highest BCUT2D eigenvalue weighted by Crippen LogP contribution is 2.38. The number of ether oxygens (including phenoxy) is 3. The second-order valence-electron chi connectivity index (χ2n) is 5.47. The van der Waals surface area contributed by atoms with Gasteiger partial charge in [-0.3, -0.25) is 4.79 Å². The van der Waals surface area contributed by atoms with E-state index in [0.29, 0.717) is 34.5 Å². The summed E-state index contributed by atoms with van der Waals surface area (Å²) in [6.07, 6.45) is 0. The Balaban J connectivity index is 1.72. The van der Waals surface area contributed by atoms with Gasteiger partial charge in [0, 0.05) is 11.1 Å². The molecule has 0 bridgehead atoms. The lowest BCUT2D eigenvalue weighted by atomic mass is 10.1. The number of nitrogens with one attached hydrogen (secondary N) is 1. The molecule has 0 aliphatic rings. The van der Waals surface area contributed by atoms with E-state index in [1.807, 2.05) is 30.3 Å². The van der Waals surface area contributed by atoms with Crippen LogP contribution in [0.2, 0.25) is 0 Å². The number of aromatic nitrogens is 2. The molecule has 27 heavy (non-hydrogen) atoms. The Morgan fingerprint density at radius 3 is 2.30 bits per heavy atom. The molecule has 1 amide bonds. The van der Waals surface area contributed by atoms with Crippen molar-refractivity contribution in [2.24, 2.45) is 0 Å². The predicted molar refractivity (Wildman–Crippen MR) is 97.0 cm³/mol. The van der Waals surface area contributed by atoms with Crippen LogP contribution in [0.15, 0.2) is 47.0 Å². The van der Waals surface area contributed by atoms with Crippen molar-refractivity contribution in [2.75, 3.05) is 21.3 Å². The highest BCUT2D eigenvalue weighted by Gasteiger charge is 2.17. The van der Waals surface area contributed by atoms with Crippen LogP contribution in [0.25, 0.3) is 11.4 Å². The Kier molecular flexibility index (Phi) is 5.55. The molecule has 0 radical (unpaired) electrons. The molecule has 0 spiro atoms. The first-order valence-electron chi connectivity index (χ1n) is 8.12. The molecule has 0 unspecified atom stereocenters. The van der Waals surface area contributed by atoms with Crippen molar-refractivity contribution < 1.29 is 23.5 Å². The smallest absolute Gasteiger partial charge is 0.251 e. The number of nitrogens with zero attached hydrogens (tertiary/aromatic N) is 2. The average molecular weight is 369 g/mol. The predicted octanol–water partition coefficient (Wildman–Crippen LogP) is 2.69. The van der Waals surface area contributed by atoms with Crippen molar-refractivity contribution in [1.29, 1.82) is 0 Å². The van der Waals surface area contributed by atoms with Gasteiger partial charge >= 0.3 is 0 Å². The fraction of sp³-hybridized carbons (Fsp3) is 0.211. The van der Waals surface area contributed by atoms with E-state index in [4.69, 9.17) is 18.7 Å². The molecular formula is C19H19N3O5. The fourth-order valence-corrected chi connectivity index (χ4v) is 2.50. The lowest BCUT2D eigenvalue weighted by Gasteiger charge is -2.13. The van der Waals surface area contributed by atoms with Crippen LogP contribution in [0.3, 0.4) is 0 Å². The van der Waals surface area contributed by atoms with Gasteiger partial charge in [-0.25, -0.2) is 0 Å². The minimum absolute atomic E-state index is 0.0926. The standard InChI is InChI=1S/C19H19N3O5/c1-24-14-9-13(10-15(25-2)17(14)26-3)19(23)20-11-16-21-18(22-27-16)12-7-5-4-6-8-12/h4-10H,11H2,1-3H3,(H,20,23). The molecule has 1 aromatic heterocycles. The van der Waals surface area contributed by atoms with Gasteiger partial charge in [0.25, 0.3) is 5.91 Å². The Hall–Kier alpha value is -3.55. The van der Waals surface area contributed by atoms with Crippen LogP contribution in [-0.2, 0) is 6.54 Å². The van der Waals surface area contributed by atoms with E-state index < -0.39 is 0 Å². The summed E-state index contributed by atoms with van der Waals surface area (Å²) in [4.78, 5) is 16.8. The largest absolute Gasteiger partial charge is 0.493 e. The summed E-state index contributed by atoms with van der Waals surface area (Å²) in [7, 11) is 4.48. The molecule has 1 N–H and O–H groups in total. The van der Waals surface area contributed by atoms with Gasteiger partial charge in [-0.2, -0.15) is 4.98 Å². The number of carbonyl (C=O) groups is 1. The molecule has 0 aliphatic heterocycles. The van der Waals surface area contributed by atoms with Crippen LogP contribution in [0, 0.1) is 0 Å². The first kappa shape index (κ1) is 18.2. The van der Waals surface area contributed by atoms with Crippen molar-refractivity contribution >= 4 is 5.91 Å². The third-order valence-corrected chi connectivity index (χ3v) is 3.83. The summed E-state index contributed by atoms with van der Waals surface area (Å²) < 4.78 is 21.0. The summed E-state index contributed by atoms with van der Waals surface area (Å²) >= 11 is 0. The number of amides is 1. The van der Waals surface area contributed by atoms with Crippen molar-refractivity contribution in [1.82, 2.24) is 15.5 Å². The Labute approximate surface area is 156 Å². The summed E-state index contributed by atoms with van der Waals surface area (Å²) in [6, 6.07) is 12.6. The summed E-state index contributed by atoms with van der Waals surface area (Å²) in [5.74, 6) is 1.63. The van der Waals surface area contributed by atoms with Crippen molar-refractivity contribution in [3.63, 3.8) is 0 Å². The van der Waals surface area contributed by atoms with Crippen molar-refractivity contribution in [3.8, 4) is 28.6 Å². The van der Waals surface area contributed by atoms with Crippen LogP contribution in [0.5, 0.6) is 17.2 Å². The van der Waals surface area contributed by atoms with Crippen LogP contribution in [0.1, 0.15) is 16.2 Å². The zero-order valence-electron chi connectivity index (χ0n) is 15.2. The van der Waals surface area contributed by atoms with E-state index in [2.05, 4.69) is 15.5 Å². The molecule has 140 valence electrons. The zero-order chi connectivity index (χ0) is 19.2. The van der Waals surface area contributed by atoms with E-state index in [-0.39, 0.29) is 12.5 Å². The molecule has 3 rings (SSSR count). The number of hydrogen-bond acceptors (Lipinski definition) is 7. The number of carbonyl (C=O) groups excluding carboxylic acids is 1. The van der Waals surface area contributed by atoms with E-state index in [0.717, 1.165) is 5.56 Å². The first-order valence-corrected chi connectivity index (χ1v) is 8.12. The fourth-order valence-electron chi connectivity index (χ4n) is 2.50. The summed E-state index contributed by atoms with van der Waals surface area (Å²) in [5.41, 5.74) is 1.19. The van der Waals surface area contributed by atoms with E-state index in [1.54, 1.807) is 12.1 Å². The third kappa shape index (κ3) is 4.00. The third-order valence-electron chi connectivity index (χ3n) is 3.83. The molecule has 0 saturated carbocycles. The normalized spacial score (nSPS) is 10.3. The van der Waals surface area contributed by atoms with Gasteiger partial charge in [0.2, 0.25) is 17.5 Å². The minimum atomic E-state index is -0.339. The van der Waals surface area contributed by atoms with Gasteiger partial charge in [-0.1, -0.05) is 35.5 Å². The highest BCUT2D eigenvalue weighted by atomic mass is 16.5. The van der Waals surface area contributed by atoms with E-state index >= 15 is 0 Å². The highest BCUT2D eigenvalue weighted by molar-refractivity contribution is 5.95. The van der Waals surface area contributed by atoms with E-state index in [1.165, 1.54) is 21.3 Å². The van der Waals surface area contributed by atoms with Crippen LogP contribution < -0.4 is 19.5 Å². The zero-order valence-corrected chi connectivity index (χ0v) is 15.2. The molecule has 3 aromatic rings. The van der Waals surface area contributed by atoms with E-state index in [9.17, 15) is 4.79 Å². The molecule has 8 heteroatoms. The Morgan fingerprint density at radius 1 is 1.04 bits per heavy atom. The maximum absolute atomic E-state index is 12.5. The second-order valence-corrected chi connectivity index (χ2v) is 5.47. The van der Waals surface area contributed by atoms with Crippen molar-refractivity contribution in [2.45, 2.75) is 6.54 Å². The number of hydrogen-bond donors (Lipinski definition) is 1. The molecular weight excluding hydrogens is 350 g/mol. The van der Waals surface area contributed by atoms with Crippen LogP contribution >= 0.6 is 0 Å². The first-order chi connectivity index (χ1) is 13.2. The second kappa shape index (κ2) is 8.22. The van der Waals surface area contributed by atoms with Crippen LogP contribution in [0.4, 0.5) is 0 Å². The SMILES string of the molecule is COc1cc(C(=O)NCc2nc(-c3ccccc3)no2)cc(OC)c1OC. The molecule has 2 aromatic carbocycles. The molecule has 0 saturated heterocycles.